The highest BCUT2D eigenvalue weighted by Crippen LogP contribution is 2.40. The zero-order valence-corrected chi connectivity index (χ0v) is 18.7. The summed E-state index contributed by atoms with van der Waals surface area (Å²) in [7, 11) is 1.88. The summed E-state index contributed by atoms with van der Waals surface area (Å²) in [6, 6.07) is 7.87. The second kappa shape index (κ2) is 7.59. The van der Waals surface area contributed by atoms with E-state index in [1.807, 2.05) is 62.8 Å². The molecule has 166 valence electrons. The van der Waals surface area contributed by atoms with E-state index in [0.717, 1.165) is 35.3 Å². The van der Waals surface area contributed by atoms with Crippen LogP contribution in [0, 0.1) is 19.8 Å². The first-order valence-electron chi connectivity index (χ1n) is 10.7. The van der Waals surface area contributed by atoms with Crippen molar-refractivity contribution in [3.8, 4) is 17.0 Å². The summed E-state index contributed by atoms with van der Waals surface area (Å²) in [5, 5.41) is 22.8. The van der Waals surface area contributed by atoms with Gasteiger partial charge in [-0.15, -0.1) is 0 Å². The summed E-state index contributed by atoms with van der Waals surface area (Å²) in [6.07, 6.45) is 5.71. The van der Waals surface area contributed by atoms with Crippen LogP contribution in [0.3, 0.4) is 0 Å². The van der Waals surface area contributed by atoms with Crippen molar-refractivity contribution < 1.29 is 9.84 Å². The predicted octanol–water partition coefficient (Wildman–Crippen LogP) is 3.43. The molecule has 0 spiro atoms. The Labute approximate surface area is 186 Å². The molecule has 0 aliphatic heterocycles. The summed E-state index contributed by atoms with van der Waals surface area (Å²) in [5.74, 6) is 3.09. The van der Waals surface area contributed by atoms with E-state index < -0.39 is 5.60 Å². The lowest BCUT2D eigenvalue weighted by molar-refractivity contribution is -0.00747. The second-order valence-corrected chi connectivity index (χ2v) is 8.78. The Kier molecular flexibility index (Phi) is 4.85. The summed E-state index contributed by atoms with van der Waals surface area (Å²) in [6.45, 7) is 5.89. The van der Waals surface area contributed by atoms with Crippen LogP contribution in [0.25, 0.3) is 16.8 Å². The number of aliphatic hydroxyl groups is 1. The fraction of sp³-hybridized carbons (Fsp3) is 0.391. The second-order valence-electron chi connectivity index (χ2n) is 8.78. The van der Waals surface area contributed by atoms with E-state index in [9.17, 15) is 5.11 Å². The molecule has 1 aliphatic rings. The normalized spacial score (nSPS) is 15.7. The molecule has 2 N–H and O–H groups in total. The van der Waals surface area contributed by atoms with Crippen LogP contribution in [0.1, 0.15) is 31.3 Å². The zero-order chi connectivity index (χ0) is 22.5. The smallest absolute Gasteiger partial charge is 0.165 e. The van der Waals surface area contributed by atoms with Gasteiger partial charge in [0.25, 0.3) is 0 Å². The van der Waals surface area contributed by atoms with Crippen LogP contribution in [0.2, 0.25) is 0 Å². The first kappa shape index (κ1) is 20.4. The summed E-state index contributed by atoms with van der Waals surface area (Å²) in [4.78, 5) is 8.72. The van der Waals surface area contributed by atoms with E-state index in [2.05, 4.69) is 25.5 Å². The molecule has 4 heterocycles. The van der Waals surface area contributed by atoms with Crippen molar-refractivity contribution in [2.75, 3.05) is 11.9 Å². The van der Waals surface area contributed by atoms with Crippen molar-refractivity contribution in [2.45, 2.75) is 39.2 Å². The maximum atomic E-state index is 10.6. The fourth-order valence-corrected chi connectivity index (χ4v) is 4.01. The van der Waals surface area contributed by atoms with Crippen molar-refractivity contribution in [1.82, 2.24) is 29.4 Å². The lowest BCUT2D eigenvalue weighted by Gasteiger charge is -2.23. The Morgan fingerprint density at radius 2 is 2.00 bits per heavy atom. The van der Waals surface area contributed by atoms with Crippen molar-refractivity contribution in [2.24, 2.45) is 13.0 Å². The van der Waals surface area contributed by atoms with Gasteiger partial charge in [-0.05, 0) is 51.7 Å². The number of fused-ring (bicyclic) bond motifs is 1. The Morgan fingerprint density at radius 3 is 2.75 bits per heavy atom. The molecule has 9 nitrogen and oxygen atoms in total. The molecule has 1 atom stereocenters. The number of rotatable bonds is 7. The fourth-order valence-electron chi connectivity index (χ4n) is 4.01. The monoisotopic (exact) mass is 433 g/mol. The topological polar surface area (TPSA) is 102 Å². The third-order valence-corrected chi connectivity index (χ3v) is 5.84. The lowest BCUT2D eigenvalue weighted by atomic mass is 10.0. The van der Waals surface area contributed by atoms with E-state index >= 15 is 0 Å². The minimum atomic E-state index is -0.819. The average Bonchev–Trinajstić information content (AvgIpc) is 3.42. The molecule has 9 heteroatoms. The predicted molar refractivity (Wildman–Crippen MR) is 121 cm³/mol. The number of pyridine rings is 1. The molecule has 0 aromatic carbocycles. The number of hydrogen-bond acceptors (Lipinski definition) is 7. The Bertz CT molecular complexity index is 1270. The minimum Gasteiger partial charge on any atom is -0.487 e. The number of anilines is 2. The quantitative estimate of drug-likeness (QED) is 0.460. The van der Waals surface area contributed by atoms with Crippen LogP contribution in [-0.4, -0.2) is 46.7 Å². The standard InChI is InChI=1S/C23H27N7O2/c1-14-9-20(26-15(2)25-14)27-21-11-18-10-16(7-8-30(18)28-21)22-19(12-24-29(22)4)32-13-23(3,31)17-5-6-17/h7-12,17,31H,5-6,13H2,1-4H3,(H,25,26,27,28)/t23-/m1/s1. The van der Waals surface area contributed by atoms with Gasteiger partial charge in [-0.3, -0.25) is 4.68 Å². The largest absolute Gasteiger partial charge is 0.487 e. The van der Waals surface area contributed by atoms with Gasteiger partial charge in [0.15, 0.2) is 11.6 Å². The number of aromatic nitrogens is 6. The molecule has 0 amide bonds. The summed E-state index contributed by atoms with van der Waals surface area (Å²) < 4.78 is 9.61. The van der Waals surface area contributed by atoms with E-state index in [1.165, 1.54) is 0 Å². The highest BCUT2D eigenvalue weighted by atomic mass is 16.5. The van der Waals surface area contributed by atoms with Crippen LogP contribution >= 0.6 is 0 Å². The maximum Gasteiger partial charge on any atom is 0.165 e. The van der Waals surface area contributed by atoms with E-state index in [1.54, 1.807) is 10.9 Å². The van der Waals surface area contributed by atoms with Crippen LogP contribution < -0.4 is 10.1 Å². The molecule has 1 fully saturated rings. The van der Waals surface area contributed by atoms with Gasteiger partial charge in [-0.25, -0.2) is 14.5 Å². The van der Waals surface area contributed by atoms with E-state index in [0.29, 0.717) is 29.1 Å². The van der Waals surface area contributed by atoms with Gasteiger partial charge in [0, 0.05) is 36.6 Å². The molecule has 1 aliphatic carbocycles. The molecule has 4 aromatic heterocycles. The van der Waals surface area contributed by atoms with Gasteiger partial charge in [-0.2, -0.15) is 10.2 Å². The Balaban J connectivity index is 1.41. The molecule has 4 aromatic rings. The molecule has 0 radical (unpaired) electrons. The lowest BCUT2D eigenvalue weighted by Crippen LogP contribution is -2.34. The van der Waals surface area contributed by atoms with Gasteiger partial charge >= 0.3 is 0 Å². The first-order valence-corrected chi connectivity index (χ1v) is 10.7. The number of nitrogens with one attached hydrogen (secondary N) is 1. The van der Waals surface area contributed by atoms with E-state index in [-0.39, 0.29) is 6.61 Å². The number of aryl methyl sites for hydroxylation is 3. The zero-order valence-electron chi connectivity index (χ0n) is 18.7. The van der Waals surface area contributed by atoms with Gasteiger partial charge in [0.2, 0.25) is 0 Å². The van der Waals surface area contributed by atoms with Crippen LogP contribution in [-0.2, 0) is 7.05 Å². The highest BCUT2D eigenvalue weighted by molar-refractivity contribution is 5.72. The molecule has 0 unspecified atom stereocenters. The van der Waals surface area contributed by atoms with Crippen molar-refractivity contribution >= 4 is 17.2 Å². The third-order valence-electron chi connectivity index (χ3n) is 5.84. The van der Waals surface area contributed by atoms with Crippen LogP contribution in [0.4, 0.5) is 11.6 Å². The van der Waals surface area contributed by atoms with Crippen molar-refractivity contribution in [3.63, 3.8) is 0 Å². The van der Waals surface area contributed by atoms with Gasteiger partial charge in [0.1, 0.15) is 23.9 Å². The van der Waals surface area contributed by atoms with Crippen molar-refractivity contribution in [1.29, 1.82) is 0 Å². The van der Waals surface area contributed by atoms with Crippen molar-refractivity contribution in [3.05, 3.63) is 48.2 Å². The minimum absolute atomic E-state index is 0.247. The maximum absolute atomic E-state index is 10.6. The number of hydrogen-bond donors (Lipinski definition) is 2. The molecule has 0 bridgehead atoms. The molecule has 1 saturated carbocycles. The number of ether oxygens (including phenoxy) is 1. The average molecular weight is 434 g/mol. The SMILES string of the molecule is Cc1cc(Nc2cc3cc(-c4c(OC[C@@](C)(O)C5CC5)cnn4C)ccn3n2)nc(C)n1. The third kappa shape index (κ3) is 4.03. The molecular formula is C23H27N7O2. The van der Waals surface area contributed by atoms with Gasteiger partial charge in [0.05, 0.1) is 17.3 Å². The summed E-state index contributed by atoms with van der Waals surface area (Å²) >= 11 is 0. The first-order chi connectivity index (χ1) is 15.3. The van der Waals surface area contributed by atoms with Gasteiger partial charge in [-0.1, -0.05) is 0 Å². The summed E-state index contributed by atoms with van der Waals surface area (Å²) in [5.41, 5.74) is 2.82. The van der Waals surface area contributed by atoms with Crippen LogP contribution in [0.15, 0.2) is 36.7 Å². The molecule has 0 saturated heterocycles. The van der Waals surface area contributed by atoms with Gasteiger partial charge < -0.3 is 15.2 Å². The Morgan fingerprint density at radius 1 is 1.19 bits per heavy atom. The van der Waals surface area contributed by atoms with E-state index in [4.69, 9.17) is 4.74 Å². The molecular weight excluding hydrogens is 406 g/mol. The molecule has 32 heavy (non-hydrogen) atoms. The highest BCUT2D eigenvalue weighted by Gasteiger charge is 2.40. The Hall–Kier alpha value is -3.46. The molecule has 5 rings (SSSR count). The van der Waals surface area contributed by atoms with Crippen LogP contribution in [0.5, 0.6) is 5.75 Å². The number of nitrogens with zero attached hydrogens (tertiary/aromatic N) is 6.